The Morgan fingerprint density at radius 1 is 1.08 bits per heavy atom. The molecule has 1 atom stereocenters. The second kappa shape index (κ2) is 10.0. The van der Waals surface area contributed by atoms with Gasteiger partial charge in [0.05, 0.1) is 11.5 Å². The van der Waals surface area contributed by atoms with Crippen LogP contribution < -0.4 is 19.9 Å². The Bertz CT molecular complexity index is 1360. The maximum atomic E-state index is 12.7. The number of benzene rings is 3. The first-order chi connectivity index (χ1) is 17.2. The van der Waals surface area contributed by atoms with Crippen LogP contribution in [0.1, 0.15) is 53.7 Å². The van der Waals surface area contributed by atoms with Crippen LogP contribution in [0.2, 0.25) is 0 Å². The Kier molecular flexibility index (Phi) is 6.84. The number of carbonyl (C=O) groups is 1. The van der Waals surface area contributed by atoms with Gasteiger partial charge < -0.3 is 19.9 Å². The molecule has 0 radical (unpaired) electrons. The summed E-state index contributed by atoms with van der Waals surface area (Å²) in [5, 5.41) is 9.79. The largest absolute Gasteiger partial charge is 0.490 e. The molecule has 0 spiro atoms. The highest BCUT2D eigenvalue weighted by Gasteiger charge is 2.31. The van der Waals surface area contributed by atoms with Gasteiger partial charge in [0.25, 0.3) is 0 Å². The smallest absolute Gasteiger partial charge is 0.343 e. The lowest BCUT2D eigenvalue weighted by Crippen LogP contribution is -2.21. The van der Waals surface area contributed by atoms with E-state index in [0.717, 1.165) is 16.7 Å². The summed E-state index contributed by atoms with van der Waals surface area (Å²) in [5.41, 5.74) is 9.59. The fourth-order valence-electron chi connectivity index (χ4n) is 4.03. The normalized spacial score (nSPS) is 14.8. The molecule has 1 aliphatic heterocycles. The number of allylic oxidation sites excluding steroid dienone is 1. The summed E-state index contributed by atoms with van der Waals surface area (Å²) in [7, 11) is 0. The molecule has 0 bridgehead atoms. The minimum Gasteiger partial charge on any atom is -0.490 e. The highest BCUT2D eigenvalue weighted by atomic mass is 16.5. The van der Waals surface area contributed by atoms with Crippen LogP contribution in [0.25, 0.3) is 0 Å². The molecule has 2 N–H and O–H groups in total. The average molecular weight is 481 g/mol. The lowest BCUT2D eigenvalue weighted by Gasteiger charge is -2.26. The van der Waals surface area contributed by atoms with Gasteiger partial charge >= 0.3 is 5.97 Å². The minimum atomic E-state index is -0.473. The van der Waals surface area contributed by atoms with Gasteiger partial charge in [-0.1, -0.05) is 63.8 Å². The number of rotatable bonds is 6. The molecule has 182 valence electrons. The first kappa shape index (κ1) is 24.6. The van der Waals surface area contributed by atoms with Gasteiger partial charge in [-0.3, -0.25) is 0 Å². The van der Waals surface area contributed by atoms with Crippen molar-refractivity contribution < 1.29 is 19.0 Å². The van der Waals surface area contributed by atoms with Crippen LogP contribution in [0.15, 0.2) is 90.8 Å². The molecule has 0 saturated carbocycles. The fourth-order valence-corrected chi connectivity index (χ4v) is 4.03. The van der Waals surface area contributed by atoms with E-state index in [1.54, 1.807) is 36.4 Å². The third kappa shape index (κ3) is 5.11. The zero-order valence-corrected chi connectivity index (χ0v) is 20.6. The maximum Gasteiger partial charge on any atom is 0.343 e. The molecule has 6 heteroatoms. The van der Waals surface area contributed by atoms with Crippen molar-refractivity contribution in [2.45, 2.75) is 32.1 Å². The summed E-state index contributed by atoms with van der Waals surface area (Å²) in [5.74, 6) is 0.555. The molecular formula is C30H28N2O4. The summed E-state index contributed by atoms with van der Waals surface area (Å²) in [6.07, 6.45) is 1.67. The fraction of sp³-hybridized carbons (Fsp3) is 0.200. The Morgan fingerprint density at radius 3 is 2.36 bits per heavy atom. The molecule has 3 aromatic carbocycles. The molecule has 3 aromatic rings. The van der Waals surface area contributed by atoms with Gasteiger partial charge in [0.1, 0.15) is 35.5 Å². The van der Waals surface area contributed by atoms with Gasteiger partial charge in [0.2, 0.25) is 5.88 Å². The van der Waals surface area contributed by atoms with Crippen LogP contribution >= 0.6 is 0 Å². The number of hydrogen-bond acceptors (Lipinski definition) is 6. The van der Waals surface area contributed by atoms with Crippen molar-refractivity contribution in [1.82, 2.24) is 0 Å². The summed E-state index contributed by atoms with van der Waals surface area (Å²) in [4.78, 5) is 12.7. The lowest BCUT2D eigenvalue weighted by molar-refractivity contribution is 0.0734. The standard InChI is InChI=1S/C30H28N2O4/c1-5-16-34-22-12-8-19(9-13-22)27-24-15-14-23(17-26(24)36-28(32)25(27)18-31)35-29(33)20-6-10-21(11-7-20)30(2,3)4/h5-15,17,27H,1,16,32H2,2-4H3. The summed E-state index contributed by atoms with van der Waals surface area (Å²) in [6.45, 7) is 10.4. The zero-order valence-electron chi connectivity index (χ0n) is 20.6. The van der Waals surface area contributed by atoms with Crippen molar-refractivity contribution in [3.63, 3.8) is 0 Å². The van der Waals surface area contributed by atoms with E-state index in [-0.39, 0.29) is 11.3 Å². The minimum absolute atomic E-state index is 0.0104. The predicted octanol–water partition coefficient (Wildman–Crippen LogP) is 5.99. The molecule has 0 aromatic heterocycles. The van der Waals surface area contributed by atoms with Gasteiger partial charge in [-0.15, -0.1) is 0 Å². The number of esters is 1. The van der Waals surface area contributed by atoms with Gasteiger partial charge in [-0.2, -0.15) is 5.26 Å². The SMILES string of the molecule is C=CCOc1ccc(C2C(C#N)=C(N)Oc3cc(OC(=O)c4ccc(C(C)(C)C)cc4)ccc32)cc1. The van der Waals surface area contributed by atoms with Crippen LogP contribution in [-0.2, 0) is 5.41 Å². The van der Waals surface area contributed by atoms with Gasteiger partial charge in [-0.05, 0) is 46.9 Å². The van der Waals surface area contributed by atoms with Crippen LogP contribution in [0, 0.1) is 11.3 Å². The Balaban J connectivity index is 1.60. The van der Waals surface area contributed by atoms with Crippen molar-refractivity contribution in [2.24, 2.45) is 5.73 Å². The Labute approximate surface area is 211 Å². The molecule has 0 saturated heterocycles. The summed E-state index contributed by atoms with van der Waals surface area (Å²) in [6, 6.07) is 22.1. The second-order valence-electron chi connectivity index (χ2n) is 9.51. The molecule has 1 unspecified atom stereocenters. The van der Waals surface area contributed by atoms with Gasteiger partial charge in [0.15, 0.2) is 0 Å². The second-order valence-corrected chi connectivity index (χ2v) is 9.51. The van der Waals surface area contributed by atoms with E-state index in [1.807, 2.05) is 36.4 Å². The van der Waals surface area contributed by atoms with E-state index in [0.29, 0.717) is 35.0 Å². The van der Waals surface area contributed by atoms with E-state index in [4.69, 9.17) is 19.9 Å². The van der Waals surface area contributed by atoms with E-state index < -0.39 is 11.9 Å². The third-order valence-corrected chi connectivity index (χ3v) is 5.97. The molecule has 1 aliphatic rings. The Hall–Kier alpha value is -4.50. The predicted molar refractivity (Wildman–Crippen MR) is 138 cm³/mol. The van der Waals surface area contributed by atoms with E-state index in [2.05, 4.69) is 33.4 Å². The van der Waals surface area contributed by atoms with Crippen molar-refractivity contribution >= 4 is 5.97 Å². The zero-order chi connectivity index (χ0) is 25.9. The van der Waals surface area contributed by atoms with Crippen LogP contribution in [0.3, 0.4) is 0 Å². The molecule has 4 rings (SSSR count). The first-order valence-electron chi connectivity index (χ1n) is 11.6. The third-order valence-electron chi connectivity index (χ3n) is 5.97. The molecule has 36 heavy (non-hydrogen) atoms. The Morgan fingerprint density at radius 2 is 1.75 bits per heavy atom. The van der Waals surface area contributed by atoms with Gasteiger partial charge in [0, 0.05) is 11.6 Å². The molecule has 0 fully saturated rings. The molecule has 0 amide bonds. The van der Waals surface area contributed by atoms with Crippen molar-refractivity contribution in [2.75, 3.05) is 6.61 Å². The van der Waals surface area contributed by atoms with Crippen LogP contribution in [0.5, 0.6) is 17.2 Å². The van der Waals surface area contributed by atoms with Crippen LogP contribution in [0.4, 0.5) is 0 Å². The van der Waals surface area contributed by atoms with E-state index >= 15 is 0 Å². The number of nitriles is 1. The van der Waals surface area contributed by atoms with Crippen LogP contribution in [-0.4, -0.2) is 12.6 Å². The summed E-state index contributed by atoms with van der Waals surface area (Å²) < 4.78 is 16.9. The van der Waals surface area contributed by atoms with Crippen molar-refractivity contribution in [1.29, 1.82) is 5.26 Å². The number of nitrogens with zero attached hydrogens (tertiary/aromatic N) is 1. The number of hydrogen-bond donors (Lipinski definition) is 1. The highest BCUT2D eigenvalue weighted by molar-refractivity contribution is 5.91. The first-order valence-corrected chi connectivity index (χ1v) is 11.6. The van der Waals surface area contributed by atoms with E-state index in [1.165, 1.54) is 0 Å². The molecule has 6 nitrogen and oxygen atoms in total. The molecule has 1 heterocycles. The highest BCUT2D eigenvalue weighted by Crippen LogP contribution is 2.43. The maximum absolute atomic E-state index is 12.7. The summed E-state index contributed by atoms with van der Waals surface area (Å²) >= 11 is 0. The quantitative estimate of drug-likeness (QED) is 0.265. The molecule has 0 aliphatic carbocycles. The lowest BCUT2D eigenvalue weighted by atomic mass is 9.83. The van der Waals surface area contributed by atoms with Crippen molar-refractivity contribution in [3.8, 4) is 23.3 Å². The van der Waals surface area contributed by atoms with Gasteiger partial charge in [-0.25, -0.2) is 4.79 Å². The van der Waals surface area contributed by atoms with Crippen molar-refractivity contribution in [3.05, 3.63) is 113 Å². The topological polar surface area (TPSA) is 94.6 Å². The monoisotopic (exact) mass is 480 g/mol. The van der Waals surface area contributed by atoms with E-state index in [9.17, 15) is 10.1 Å². The number of ether oxygens (including phenoxy) is 3. The average Bonchev–Trinajstić information content (AvgIpc) is 2.86. The number of nitrogens with two attached hydrogens (primary N) is 1. The number of carbonyl (C=O) groups excluding carboxylic acids is 1. The number of fused-ring (bicyclic) bond motifs is 1. The molecular weight excluding hydrogens is 452 g/mol.